The van der Waals surface area contributed by atoms with Crippen LogP contribution < -0.4 is 10.6 Å². The summed E-state index contributed by atoms with van der Waals surface area (Å²) in [5.41, 5.74) is 0.644. The van der Waals surface area contributed by atoms with Gasteiger partial charge >= 0.3 is 6.18 Å². The van der Waals surface area contributed by atoms with E-state index in [0.717, 1.165) is 9.75 Å². The maximum absolute atomic E-state index is 12.5. The molecule has 29 heavy (non-hydrogen) atoms. The van der Waals surface area contributed by atoms with Gasteiger partial charge in [0.15, 0.2) is 5.13 Å². The number of hydrogen-bond acceptors (Lipinski definition) is 6. The van der Waals surface area contributed by atoms with Crippen molar-refractivity contribution in [1.29, 1.82) is 0 Å². The number of nitrogens with one attached hydrogen (secondary N) is 2. The smallest absolute Gasteiger partial charge is 0.351 e. The van der Waals surface area contributed by atoms with Gasteiger partial charge in [-0.05, 0) is 12.1 Å². The molecular formula is C17H17F3N4O3S2. The van der Waals surface area contributed by atoms with Crippen LogP contribution in [0.2, 0.25) is 0 Å². The van der Waals surface area contributed by atoms with E-state index in [4.69, 9.17) is 0 Å². The lowest BCUT2D eigenvalue weighted by Gasteiger charge is -2.18. The van der Waals surface area contributed by atoms with Gasteiger partial charge in [-0.3, -0.25) is 14.4 Å². The molecule has 2 aromatic heterocycles. The molecule has 12 heteroatoms. The van der Waals surface area contributed by atoms with Gasteiger partial charge in [-0.1, -0.05) is 0 Å². The van der Waals surface area contributed by atoms with E-state index in [1.165, 1.54) is 29.6 Å². The number of rotatable bonds is 6. The second kappa shape index (κ2) is 8.49. The molecule has 3 amide bonds. The molecule has 0 aliphatic carbocycles. The Kier molecular flexibility index (Phi) is 6.22. The number of halogens is 3. The minimum atomic E-state index is -4.50. The summed E-state index contributed by atoms with van der Waals surface area (Å²) in [7, 11) is 0. The minimum Gasteiger partial charge on any atom is -0.351 e. The van der Waals surface area contributed by atoms with E-state index in [-0.39, 0.29) is 18.9 Å². The molecule has 7 nitrogen and oxygen atoms in total. The standard InChI is InChI=1S/C17H17F3N4O3S2/c1-9(25)21-5-11-2-3-13(29-11)12-7-28-16(22-12)23-15(27)10-4-14(26)24(6-10)8-17(18,19)20/h2-3,7,10H,4-6,8H2,1H3,(H,21,25)(H,22,23,27). The monoisotopic (exact) mass is 446 g/mol. The molecule has 1 aliphatic heterocycles. The van der Waals surface area contributed by atoms with Gasteiger partial charge in [0.25, 0.3) is 0 Å². The van der Waals surface area contributed by atoms with Crippen molar-refractivity contribution in [3.8, 4) is 10.6 Å². The van der Waals surface area contributed by atoms with E-state index < -0.39 is 30.5 Å². The molecular weight excluding hydrogens is 429 g/mol. The van der Waals surface area contributed by atoms with Gasteiger partial charge in [0, 0.05) is 30.1 Å². The first kappa shape index (κ1) is 21.2. The Morgan fingerprint density at radius 1 is 1.34 bits per heavy atom. The Bertz CT molecular complexity index is 925. The van der Waals surface area contributed by atoms with E-state index in [9.17, 15) is 27.6 Å². The molecule has 156 valence electrons. The number of thiazole rings is 1. The number of carbonyl (C=O) groups excluding carboxylic acids is 3. The zero-order valence-electron chi connectivity index (χ0n) is 15.2. The number of thiophene rings is 1. The molecule has 1 unspecified atom stereocenters. The first-order chi connectivity index (χ1) is 13.6. The number of anilines is 1. The number of nitrogens with zero attached hydrogens (tertiary/aromatic N) is 2. The second-order valence-electron chi connectivity index (χ2n) is 6.49. The topological polar surface area (TPSA) is 91.4 Å². The summed E-state index contributed by atoms with van der Waals surface area (Å²) in [6.45, 7) is 0.234. The van der Waals surface area contributed by atoms with Gasteiger partial charge in [0.2, 0.25) is 17.7 Å². The van der Waals surface area contributed by atoms with Gasteiger partial charge in [-0.2, -0.15) is 13.2 Å². The van der Waals surface area contributed by atoms with E-state index >= 15 is 0 Å². The number of aromatic nitrogens is 1. The van der Waals surface area contributed by atoms with Crippen LogP contribution in [0.5, 0.6) is 0 Å². The first-order valence-electron chi connectivity index (χ1n) is 8.55. The van der Waals surface area contributed by atoms with E-state index in [2.05, 4.69) is 15.6 Å². The lowest BCUT2D eigenvalue weighted by atomic mass is 10.1. The molecule has 3 heterocycles. The van der Waals surface area contributed by atoms with Crippen LogP contribution >= 0.6 is 22.7 Å². The normalized spacial score (nSPS) is 16.9. The van der Waals surface area contributed by atoms with Gasteiger partial charge < -0.3 is 15.5 Å². The van der Waals surface area contributed by atoms with Crippen molar-refractivity contribution in [3.63, 3.8) is 0 Å². The van der Waals surface area contributed by atoms with Crippen molar-refractivity contribution in [3.05, 3.63) is 22.4 Å². The van der Waals surface area contributed by atoms with Crippen LogP contribution in [0.3, 0.4) is 0 Å². The molecule has 1 saturated heterocycles. The Labute approximate surface area is 171 Å². The molecule has 1 aliphatic rings. The zero-order valence-corrected chi connectivity index (χ0v) is 16.8. The Hall–Kier alpha value is -2.47. The van der Waals surface area contributed by atoms with Crippen LogP contribution in [0, 0.1) is 5.92 Å². The van der Waals surface area contributed by atoms with Gasteiger partial charge in [0.05, 0.1) is 23.0 Å². The molecule has 1 fully saturated rings. The third-order valence-electron chi connectivity index (χ3n) is 4.12. The van der Waals surface area contributed by atoms with Crippen LogP contribution in [0.15, 0.2) is 17.5 Å². The number of hydrogen-bond donors (Lipinski definition) is 2. The van der Waals surface area contributed by atoms with E-state index in [1.807, 2.05) is 12.1 Å². The van der Waals surface area contributed by atoms with Crippen molar-refractivity contribution in [2.24, 2.45) is 5.92 Å². The van der Waals surface area contributed by atoms with Crippen molar-refractivity contribution in [2.75, 3.05) is 18.4 Å². The summed E-state index contributed by atoms with van der Waals surface area (Å²) in [6, 6.07) is 3.72. The molecule has 0 spiro atoms. The fourth-order valence-corrected chi connectivity index (χ4v) is 4.49. The SMILES string of the molecule is CC(=O)NCc1ccc(-c2csc(NC(=O)C3CC(=O)N(CC(F)(F)F)C3)n2)s1. The largest absolute Gasteiger partial charge is 0.406 e. The van der Waals surface area contributed by atoms with Crippen LogP contribution in [-0.2, 0) is 20.9 Å². The molecule has 2 aromatic rings. The first-order valence-corrected chi connectivity index (χ1v) is 10.2. The lowest BCUT2D eigenvalue weighted by molar-refractivity contribution is -0.157. The van der Waals surface area contributed by atoms with Gasteiger partial charge in [0.1, 0.15) is 6.54 Å². The third-order valence-corrected chi connectivity index (χ3v) is 5.98. The summed E-state index contributed by atoms with van der Waals surface area (Å²) in [5, 5.41) is 7.34. The third kappa shape index (κ3) is 5.76. The number of alkyl halides is 3. The number of carbonyl (C=O) groups is 3. The summed E-state index contributed by atoms with van der Waals surface area (Å²) in [5.74, 6) is -2.19. The van der Waals surface area contributed by atoms with E-state index in [1.54, 1.807) is 5.38 Å². The van der Waals surface area contributed by atoms with Crippen molar-refractivity contribution < 1.29 is 27.6 Å². The highest BCUT2D eigenvalue weighted by Gasteiger charge is 2.40. The summed E-state index contributed by atoms with van der Waals surface area (Å²) < 4.78 is 37.5. The average molecular weight is 446 g/mol. The van der Waals surface area contributed by atoms with Gasteiger partial charge in [-0.25, -0.2) is 4.98 Å². The zero-order chi connectivity index (χ0) is 21.2. The number of likely N-dealkylation sites (tertiary alicyclic amines) is 1. The van der Waals surface area contributed by atoms with Crippen LogP contribution in [-0.4, -0.2) is 46.9 Å². The molecule has 0 aromatic carbocycles. The summed E-state index contributed by atoms with van der Waals surface area (Å²) in [4.78, 5) is 41.8. The lowest BCUT2D eigenvalue weighted by Crippen LogP contribution is -2.36. The van der Waals surface area contributed by atoms with Crippen LogP contribution in [0.25, 0.3) is 10.6 Å². The molecule has 2 N–H and O–H groups in total. The Morgan fingerprint density at radius 3 is 2.79 bits per heavy atom. The van der Waals surface area contributed by atoms with Crippen LogP contribution in [0.4, 0.5) is 18.3 Å². The quantitative estimate of drug-likeness (QED) is 0.714. The molecule has 0 saturated carbocycles. The fraction of sp³-hybridized carbons (Fsp3) is 0.412. The molecule has 1 atom stereocenters. The van der Waals surface area contributed by atoms with Crippen molar-refractivity contribution in [1.82, 2.24) is 15.2 Å². The highest BCUT2D eigenvalue weighted by molar-refractivity contribution is 7.17. The predicted octanol–water partition coefficient (Wildman–Crippen LogP) is 2.86. The Balaban J connectivity index is 1.58. The molecule has 0 radical (unpaired) electrons. The van der Waals surface area contributed by atoms with Crippen molar-refractivity contribution in [2.45, 2.75) is 26.1 Å². The maximum Gasteiger partial charge on any atom is 0.406 e. The second-order valence-corrected chi connectivity index (χ2v) is 8.52. The fourth-order valence-electron chi connectivity index (χ4n) is 2.79. The van der Waals surface area contributed by atoms with E-state index in [0.29, 0.717) is 22.3 Å². The number of amides is 3. The Morgan fingerprint density at radius 2 is 2.10 bits per heavy atom. The molecule has 0 bridgehead atoms. The predicted molar refractivity (Wildman–Crippen MR) is 102 cm³/mol. The average Bonchev–Trinajstić information content (AvgIpc) is 3.32. The summed E-state index contributed by atoms with van der Waals surface area (Å²) >= 11 is 2.64. The minimum absolute atomic E-state index is 0.127. The highest BCUT2D eigenvalue weighted by Crippen LogP contribution is 2.31. The molecule has 3 rings (SSSR count). The van der Waals surface area contributed by atoms with Gasteiger partial charge in [-0.15, -0.1) is 22.7 Å². The van der Waals surface area contributed by atoms with Crippen LogP contribution in [0.1, 0.15) is 18.2 Å². The highest BCUT2D eigenvalue weighted by atomic mass is 32.1. The summed E-state index contributed by atoms with van der Waals surface area (Å²) in [6.07, 6.45) is -4.75. The van der Waals surface area contributed by atoms with Crippen molar-refractivity contribution >= 4 is 45.5 Å². The maximum atomic E-state index is 12.5.